The number of aryl methyl sites for hydroxylation is 1. The van der Waals surface area contributed by atoms with Crippen molar-refractivity contribution in [1.29, 1.82) is 0 Å². The molecule has 1 aliphatic rings. The number of fused-ring (bicyclic) bond motifs is 1. The van der Waals surface area contributed by atoms with Crippen molar-refractivity contribution in [2.45, 2.75) is 13.5 Å². The molecule has 1 amide bonds. The van der Waals surface area contributed by atoms with Crippen molar-refractivity contribution < 1.29 is 18.3 Å². The van der Waals surface area contributed by atoms with Gasteiger partial charge in [-0.2, -0.15) is 8.78 Å². The third-order valence-corrected chi connectivity index (χ3v) is 6.46. The maximum atomic E-state index is 12.7. The molecule has 38 heavy (non-hydrogen) atoms. The molecule has 2 aromatic carbocycles. The highest BCUT2D eigenvalue weighted by atomic mass is 19.3. The van der Waals surface area contributed by atoms with E-state index >= 15 is 0 Å². The minimum absolute atomic E-state index is 0.0905. The molecule has 0 unspecified atom stereocenters. The van der Waals surface area contributed by atoms with Crippen LogP contribution in [0.4, 0.5) is 20.3 Å². The first-order valence-corrected chi connectivity index (χ1v) is 12.4. The number of hydrogen-bond acceptors (Lipinski definition) is 7. The Balaban J connectivity index is 1.27. The maximum Gasteiger partial charge on any atom is 0.387 e. The summed E-state index contributed by atoms with van der Waals surface area (Å²) in [4.78, 5) is 24.0. The molecule has 0 radical (unpaired) electrons. The Bertz CT molecular complexity index is 1400. The van der Waals surface area contributed by atoms with Crippen LogP contribution >= 0.6 is 0 Å². The molecule has 9 nitrogen and oxygen atoms in total. The molecule has 0 saturated carbocycles. The Labute approximate surface area is 218 Å². The van der Waals surface area contributed by atoms with E-state index in [-0.39, 0.29) is 11.7 Å². The van der Waals surface area contributed by atoms with Crippen LogP contribution in [0.3, 0.4) is 0 Å². The fourth-order valence-electron chi connectivity index (χ4n) is 4.52. The number of nitrogens with one attached hydrogen (secondary N) is 3. The van der Waals surface area contributed by atoms with Crippen LogP contribution < -0.4 is 20.7 Å². The summed E-state index contributed by atoms with van der Waals surface area (Å²) in [5, 5.41) is 9.64. The van der Waals surface area contributed by atoms with Gasteiger partial charge in [0.15, 0.2) is 11.5 Å². The van der Waals surface area contributed by atoms with E-state index in [1.807, 2.05) is 23.5 Å². The largest absolute Gasteiger partial charge is 0.435 e. The number of halogens is 2. The van der Waals surface area contributed by atoms with Crippen molar-refractivity contribution >= 4 is 23.1 Å². The fraction of sp³-hybridized carbons (Fsp3) is 0.296. The highest BCUT2D eigenvalue weighted by molar-refractivity contribution is 5.96. The third-order valence-electron chi connectivity index (χ3n) is 6.46. The van der Waals surface area contributed by atoms with E-state index in [1.165, 1.54) is 12.1 Å². The molecule has 4 aromatic rings. The zero-order chi connectivity index (χ0) is 26.5. The Kier molecular flexibility index (Phi) is 7.75. The van der Waals surface area contributed by atoms with Crippen molar-refractivity contribution in [3.05, 3.63) is 72.2 Å². The van der Waals surface area contributed by atoms with Crippen molar-refractivity contribution in [3.63, 3.8) is 0 Å². The van der Waals surface area contributed by atoms with Crippen molar-refractivity contribution in [3.8, 4) is 17.0 Å². The van der Waals surface area contributed by atoms with Gasteiger partial charge in [-0.1, -0.05) is 0 Å². The number of piperazine rings is 1. The zero-order valence-corrected chi connectivity index (χ0v) is 21.0. The zero-order valence-electron chi connectivity index (χ0n) is 21.0. The molecule has 1 aliphatic heterocycles. The van der Waals surface area contributed by atoms with E-state index in [2.05, 4.69) is 35.6 Å². The first kappa shape index (κ1) is 25.6. The highest BCUT2D eigenvalue weighted by Gasteiger charge is 2.14. The van der Waals surface area contributed by atoms with Crippen LogP contribution in [0.5, 0.6) is 5.75 Å². The van der Waals surface area contributed by atoms with Gasteiger partial charge in [-0.3, -0.25) is 14.1 Å². The van der Waals surface area contributed by atoms with Crippen LogP contribution in [-0.2, 0) is 0 Å². The van der Waals surface area contributed by atoms with Crippen molar-refractivity contribution in [2.75, 3.05) is 44.6 Å². The standard InChI is InChI=1S/C27H29F2N7O2/c1-18-16-20(4-7-22(18)26(37)32-10-14-35-12-8-30-9-13-35)34-24-25-33-17-23(36(25)15-11-31-24)19-2-5-21(6-3-19)38-27(28)29/h2-7,11,15-17,27,30H,8-10,12-14H2,1H3,(H,31,34)(H,32,37). The second-order valence-corrected chi connectivity index (χ2v) is 9.02. The van der Waals surface area contributed by atoms with Gasteiger partial charge in [0, 0.05) is 68.5 Å². The monoisotopic (exact) mass is 521 g/mol. The molecule has 3 N–H and O–H groups in total. The Morgan fingerprint density at radius 2 is 1.92 bits per heavy atom. The van der Waals surface area contributed by atoms with E-state index in [4.69, 9.17) is 0 Å². The number of carbonyl (C=O) groups is 1. The van der Waals surface area contributed by atoms with Gasteiger partial charge in [-0.25, -0.2) is 9.97 Å². The van der Waals surface area contributed by atoms with Gasteiger partial charge in [0.25, 0.3) is 5.91 Å². The van der Waals surface area contributed by atoms with Gasteiger partial charge < -0.3 is 20.7 Å². The Morgan fingerprint density at radius 3 is 2.66 bits per heavy atom. The lowest BCUT2D eigenvalue weighted by Gasteiger charge is -2.27. The van der Waals surface area contributed by atoms with Crippen LogP contribution in [0.2, 0.25) is 0 Å². The van der Waals surface area contributed by atoms with Gasteiger partial charge in [0.2, 0.25) is 0 Å². The summed E-state index contributed by atoms with van der Waals surface area (Å²) in [5.74, 6) is 0.546. The normalized spacial score (nSPS) is 14.1. The molecule has 1 saturated heterocycles. The number of imidazole rings is 1. The van der Waals surface area contributed by atoms with Crippen LogP contribution in [-0.4, -0.2) is 71.1 Å². The molecule has 1 fully saturated rings. The average Bonchev–Trinajstić information content (AvgIpc) is 3.35. The Hall–Kier alpha value is -4.09. The second-order valence-electron chi connectivity index (χ2n) is 9.02. The predicted octanol–water partition coefficient (Wildman–Crippen LogP) is 3.68. The van der Waals surface area contributed by atoms with Crippen LogP contribution in [0, 0.1) is 6.92 Å². The lowest BCUT2D eigenvalue weighted by Crippen LogP contribution is -2.46. The summed E-state index contributed by atoms with van der Waals surface area (Å²) >= 11 is 0. The van der Waals surface area contributed by atoms with E-state index < -0.39 is 6.61 Å². The number of carbonyl (C=O) groups excluding carboxylic acids is 1. The van der Waals surface area contributed by atoms with E-state index in [0.29, 0.717) is 23.6 Å². The lowest BCUT2D eigenvalue weighted by atomic mass is 10.1. The molecule has 198 valence electrons. The van der Waals surface area contributed by atoms with Crippen molar-refractivity contribution in [1.82, 2.24) is 29.9 Å². The molecule has 3 heterocycles. The number of rotatable bonds is 9. The summed E-state index contributed by atoms with van der Waals surface area (Å²) in [5.41, 5.74) is 4.42. The summed E-state index contributed by atoms with van der Waals surface area (Å²) < 4.78 is 31.2. The quantitative estimate of drug-likeness (QED) is 0.309. The first-order valence-electron chi connectivity index (χ1n) is 12.4. The summed E-state index contributed by atoms with van der Waals surface area (Å²) in [7, 11) is 0. The number of ether oxygens (including phenoxy) is 1. The topological polar surface area (TPSA) is 95.8 Å². The average molecular weight is 522 g/mol. The van der Waals surface area contributed by atoms with Gasteiger partial charge in [0.1, 0.15) is 5.75 Å². The summed E-state index contributed by atoms with van der Waals surface area (Å²) in [6.45, 7) is 4.43. The van der Waals surface area contributed by atoms with Crippen LogP contribution in [0.1, 0.15) is 15.9 Å². The van der Waals surface area contributed by atoms with Gasteiger partial charge >= 0.3 is 6.61 Å². The number of anilines is 2. The molecular formula is C27H29F2N7O2. The summed E-state index contributed by atoms with van der Waals surface area (Å²) in [6.07, 6.45) is 5.14. The molecular weight excluding hydrogens is 492 g/mol. The minimum Gasteiger partial charge on any atom is -0.435 e. The number of nitrogens with zero attached hydrogens (tertiary/aromatic N) is 4. The molecule has 5 rings (SSSR count). The van der Waals surface area contributed by atoms with Crippen LogP contribution in [0.25, 0.3) is 16.9 Å². The SMILES string of the molecule is Cc1cc(Nc2nccn3c(-c4ccc(OC(F)F)cc4)cnc23)ccc1C(=O)NCCN1CCNCC1. The molecule has 0 atom stereocenters. The molecule has 0 aliphatic carbocycles. The maximum absolute atomic E-state index is 12.7. The molecule has 2 aromatic heterocycles. The smallest absolute Gasteiger partial charge is 0.387 e. The van der Waals surface area contributed by atoms with Gasteiger partial charge in [-0.05, 0) is 55.0 Å². The second kappa shape index (κ2) is 11.5. The lowest BCUT2D eigenvalue weighted by molar-refractivity contribution is -0.0498. The predicted molar refractivity (Wildman–Crippen MR) is 141 cm³/mol. The number of benzene rings is 2. The van der Waals surface area contributed by atoms with Crippen molar-refractivity contribution in [2.24, 2.45) is 0 Å². The number of alkyl halides is 2. The number of aromatic nitrogens is 3. The minimum atomic E-state index is -2.87. The molecule has 11 heteroatoms. The van der Waals surface area contributed by atoms with Crippen LogP contribution in [0.15, 0.2) is 61.1 Å². The van der Waals surface area contributed by atoms with Gasteiger partial charge in [-0.15, -0.1) is 0 Å². The van der Waals surface area contributed by atoms with E-state index in [9.17, 15) is 13.6 Å². The highest BCUT2D eigenvalue weighted by Crippen LogP contribution is 2.27. The summed E-state index contributed by atoms with van der Waals surface area (Å²) in [6, 6.07) is 11.9. The third kappa shape index (κ3) is 5.90. The number of hydrogen-bond donors (Lipinski definition) is 3. The fourth-order valence-corrected chi connectivity index (χ4v) is 4.52. The van der Waals surface area contributed by atoms with E-state index in [1.54, 1.807) is 36.8 Å². The molecule has 0 bridgehead atoms. The van der Waals surface area contributed by atoms with Gasteiger partial charge in [0.05, 0.1) is 11.9 Å². The van der Waals surface area contributed by atoms with E-state index in [0.717, 1.165) is 55.2 Å². The first-order chi connectivity index (χ1) is 18.5. The number of amides is 1. The Morgan fingerprint density at radius 1 is 1.13 bits per heavy atom. The molecule has 0 spiro atoms.